The van der Waals surface area contributed by atoms with Crippen LogP contribution in [0, 0.1) is 0 Å². The van der Waals surface area contributed by atoms with Crippen molar-refractivity contribution in [1.29, 1.82) is 0 Å². The van der Waals surface area contributed by atoms with Gasteiger partial charge in [0.15, 0.2) is 15.8 Å². The monoisotopic (exact) mass is 635 g/mol. The molecule has 1 aromatic heterocycles. The second-order valence-corrected chi connectivity index (χ2v) is 11.3. The van der Waals surface area contributed by atoms with Gasteiger partial charge in [0.1, 0.15) is 6.61 Å². The maximum Gasteiger partial charge on any atom is 0.250 e. The van der Waals surface area contributed by atoms with Crippen molar-refractivity contribution in [3.8, 4) is 22.8 Å². The van der Waals surface area contributed by atoms with Crippen molar-refractivity contribution in [2.45, 2.75) is 10.9 Å². The van der Waals surface area contributed by atoms with E-state index in [9.17, 15) is 4.79 Å². The second-order valence-electron chi connectivity index (χ2n) is 7.51. The van der Waals surface area contributed by atoms with E-state index in [0.29, 0.717) is 31.6 Å². The summed E-state index contributed by atoms with van der Waals surface area (Å²) in [7, 11) is 1.55. The van der Waals surface area contributed by atoms with Crippen LogP contribution in [0.4, 0.5) is 0 Å². The molecule has 37 heavy (non-hydrogen) atoms. The van der Waals surface area contributed by atoms with Crippen molar-refractivity contribution in [1.82, 2.24) is 10.4 Å². The third kappa shape index (κ3) is 7.72. The third-order valence-electron chi connectivity index (χ3n) is 4.92. The number of ether oxygens (including phenoxy) is 2. The molecule has 4 rings (SSSR count). The molecule has 1 amide bonds. The van der Waals surface area contributed by atoms with E-state index in [0.717, 1.165) is 21.2 Å². The molecule has 0 spiro atoms. The molecule has 0 atom stereocenters. The topological polar surface area (TPSA) is 72.8 Å². The number of thiazole rings is 1. The molecule has 11 heteroatoms. The Morgan fingerprint density at radius 3 is 2.76 bits per heavy atom. The third-order valence-corrected chi connectivity index (χ3v) is 8.12. The minimum Gasteiger partial charge on any atom is -0.493 e. The van der Waals surface area contributed by atoms with Crippen LogP contribution in [0.25, 0.3) is 11.3 Å². The Bertz CT molecular complexity index is 1420. The Balaban J connectivity index is 1.31. The van der Waals surface area contributed by atoms with E-state index < -0.39 is 0 Å². The van der Waals surface area contributed by atoms with Crippen LogP contribution in [-0.4, -0.2) is 30.0 Å². The van der Waals surface area contributed by atoms with E-state index in [4.69, 9.17) is 32.7 Å². The fourth-order valence-electron chi connectivity index (χ4n) is 3.15. The lowest BCUT2D eigenvalue weighted by molar-refractivity contribution is -0.118. The Morgan fingerprint density at radius 1 is 1.19 bits per heavy atom. The van der Waals surface area contributed by atoms with Gasteiger partial charge in [-0.05, 0) is 45.8 Å². The predicted octanol–water partition coefficient (Wildman–Crippen LogP) is 7.71. The molecule has 0 radical (unpaired) electrons. The highest BCUT2D eigenvalue weighted by Crippen LogP contribution is 2.37. The summed E-state index contributed by atoms with van der Waals surface area (Å²) in [6, 6.07) is 18.7. The first-order chi connectivity index (χ1) is 17.9. The largest absolute Gasteiger partial charge is 0.493 e. The molecule has 0 bridgehead atoms. The van der Waals surface area contributed by atoms with E-state index in [1.807, 2.05) is 47.8 Å². The van der Waals surface area contributed by atoms with Crippen molar-refractivity contribution >= 4 is 74.4 Å². The minimum absolute atomic E-state index is 0.201. The van der Waals surface area contributed by atoms with Crippen LogP contribution >= 0.6 is 62.2 Å². The molecule has 6 nitrogen and oxygen atoms in total. The second kappa shape index (κ2) is 13.3. The fraction of sp³-hybridized carbons (Fsp3) is 0.115. The number of nitrogens with zero attached hydrogens (tertiary/aromatic N) is 2. The molecule has 3 aromatic carbocycles. The smallest absolute Gasteiger partial charge is 0.250 e. The number of methoxy groups -OCH3 is 1. The van der Waals surface area contributed by atoms with Crippen LogP contribution < -0.4 is 14.9 Å². The Morgan fingerprint density at radius 2 is 2.00 bits per heavy atom. The number of hydrogen-bond acceptors (Lipinski definition) is 7. The molecule has 0 fully saturated rings. The first kappa shape index (κ1) is 27.5. The van der Waals surface area contributed by atoms with Crippen LogP contribution in [0.2, 0.25) is 10.0 Å². The summed E-state index contributed by atoms with van der Waals surface area (Å²) in [6.45, 7) is 0.234. The van der Waals surface area contributed by atoms with Crippen LogP contribution in [0.5, 0.6) is 11.5 Å². The molecule has 190 valence electrons. The summed E-state index contributed by atoms with van der Waals surface area (Å²) in [5.74, 6) is 0.986. The zero-order valence-corrected chi connectivity index (χ0v) is 24.1. The standard InChI is InChI=1S/C26H20BrCl2N3O3S2/c1-34-23-10-16(9-20(27)25(23)35-13-18-7-8-19(28)11-21(18)29)12-30-32-24(33)15-37-26-31-22(14-36-26)17-5-3-2-4-6-17/h2-12,14H,13,15H2,1H3,(H,32,33)/b30-12+. The summed E-state index contributed by atoms with van der Waals surface area (Å²) in [5.41, 5.74) is 5.99. The Hall–Kier alpha value is -2.56. The maximum atomic E-state index is 12.3. The van der Waals surface area contributed by atoms with Gasteiger partial charge in [-0.3, -0.25) is 4.79 Å². The van der Waals surface area contributed by atoms with Gasteiger partial charge in [0.05, 0.1) is 29.2 Å². The van der Waals surface area contributed by atoms with E-state index in [2.05, 4.69) is 31.4 Å². The highest BCUT2D eigenvalue weighted by atomic mass is 79.9. The molecule has 0 unspecified atom stereocenters. The molecular formula is C26H20BrCl2N3O3S2. The van der Waals surface area contributed by atoms with Gasteiger partial charge in [0, 0.05) is 26.6 Å². The van der Waals surface area contributed by atoms with Crippen molar-refractivity contribution < 1.29 is 14.3 Å². The number of hydrogen-bond donors (Lipinski definition) is 1. The first-order valence-corrected chi connectivity index (χ1v) is 14.2. The number of carbonyl (C=O) groups is 1. The predicted molar refractivity (Wildman–Crippen MR) is 155 cm³/mol. The summed E-state index contributed by atoms with van der Waals surface area (Å²) in [4.78, 5) is 16.8. The molecule has 0 aliphatic carbocycles. The van der Waals surface area contributed by atoms with Crippen LogP contribution in [-0.2, 0) is 11.4 Å². The molecular weight excluding hydrogens is 617 g/mol. The zero-order chi connectivity index (χ0) is 26.2. The van der Waals surface area contributed by atoms with Gasteiger partial charge in [-0.15, -0.1) is 11.3 Å². The Labute approximate surface area is 241 Å². The van der Waals surface area contributed by atoms with Crippen molar-refractivity contribution in [3.05, 3.63) is 91.7 Å². The van der Waals surface area contributed by atoms with Gasteiger partial charge in [0.2, 0.25) is 0 Å². The Kier molecular flexibility index (Phi) is 9.88. The quantitative estimate of drug-likeness (QED) is 0.110. The molecule has 1 heterocycles. The van der Waals surface area contributed by atoms with Gasteiger partial charge in [0.25, 0.3) is 5.91 Å². The number of benzene rings is 3. The normalized spacial score (nSPS) is 11.0. The van der Waals surface area contributed by atoms with Gasteiger partial charge in [-0.2, -0.15) is 5.10 Å². The van der Waals surface area contributed by atoms with E-state index in [-0.39, 0.29) is 18.3 Å². The van der Waals surface area contributed by atoms with E-state index in [1.54, 1.807) is 25.3 Å². The number of thioether (sulfide) groups is 1. The zero-order valence-electron chi connectivity index (χ0n) is 19.4. The summed E-state index contributed by atoms with van der Waals surface area (Å²) >= 11 is 18.6. The number of aromatic nitrogens is 1. The molecule has 0 aliphatic heterocycles. The van der Waals surface area contributed by atoms with Crippen molar-refractivity contribution in [2.24, 2.45) is 5.10 Å². The highest BCUT2D eigenvalue weighted by molar-refractivity contribution is 9.10. The fourth-order valence-corrected chi connectivity index (χ4v) is 5.81. The molecule has 4 aromatic rings. The number of hydrazone groups is 1. The van der Waals surface area contributed by atoms with Crippen LogP contribution in [0.3, 0.4) is 0 Å². The molecule has 0 saturated carbocycles. The van der Waals surface area contributed by atoms with Crippen molar-refractivity contribution in [2.75, 3.05) is 12.9 Å². The summed E-state index contributed by atoms with van der Waals surface area (Å²) in [5, 5.41) is 7.12. The number of rotatable bonds is 10. The minimum atomic E-state index is -0.233. The lowest BCUT2D eigenvalue weighted by Gasteiger charge is -2.14. The van der Waals surface area contributed by atoms with Gasteiger partial charge in [-0.25, -0.2) is 10.4 Å². The van der Waals surface area contributed by atoms with Gasteiger partial charge in [-0.1, -0.05) is 71.4 Å². The number of carbonyl (C=O) groups excluding carboxylic acids is 1. The first-order valence-electron chi connectivity index (χ1n) is 10.8. The average Bonchev–Trinajstić information content (AvgIpc) is 3.37. The summed E-state index contributed by atoms with van der Waals surface area (Å²) < 4.78 is 12.9. The lowest BCUT2D eigenvalue weighted by atomic mass is 10.2. The number of halogens is 3. The highest BCUT2D eigenvalue weighted by Gasteiger charge is 2.13. The average molecular weight is 637 g/mol. The van der Waals surface area contributed by atoms with E-state index >= 15 is 0 Å². The molecule has 1 N–H and O–H groups in total. The number of nitrogens with one attached hydrogen (secondary N) is 1. The van der Waals surface area contributed by atoms with Crippen molar-refractivity contribution in [3.63, 3.8) is 0 Å². The van der Waals surface area contributed by atoms with Crippen LogP contribution in [0.15, 0.2) is 80.0 Å². The molecule has 0 aliphatic rings. The maximum absolute atomic E-state index is 12.3. The van der Waals surface area contributed by atoms with Gasteiger partial charge >= 0.3 is 0 Å². The number of amides is 1. The molecule has 0 saturated heterocycles. The SMILES string of the molecule is COc1cc(/C=N/NC(=O)CSc2nc(-c3ccccc3)cs2)cc(Br)c1OCc1ccc(Cl)cc1Cl. The van der Waals surface area contributed by atoms with E-state index in [1.165, 1.54) is 29.3 Å². The van der Waals surface area contributed by atoms with Gasteiger partial charge < -0.3 is 9.47 Å². The lowest BCUT2D eigenvalue weighted by Crippen LogP contribution is -2.19. The van der Waals surface area contributed by atoms with Crippen LogP contribution in [0.1, 0.15) is 11.1 Å². The summed E-state index contributed by atoms with van der Waals surface area (Å²) in [6.07, 6.45) is 1.53.